The van der Waals surface area contributed by atoms with Crippen LogP contribution in [0.2, 0.25) is 0 Å². The number of amides is 1. The van der Waals surface area contributed by atoms with E-state index in [4.69, 9.17) is 4.74 Å². The average molecular weight is 252 g/mol. The van der Waals surface area contributed by atoms with Crippen LogP contribution in [0.3, 0.4) is 0 Å². The van der Waals surface area contributed by atoms with E-state index in [2.05, 4.69) is 11.9 Å². The molecule has 0 aliphatic carbocycles. The average Bonchev–Trinajstić information content (AvgIpc) is 2.98. The Morgan fingerprint density at radius 1 is 1.53 bits per heavy atom. The Bertz CT molecular complexity index is 407. The highest BCUT2D eigenvalue weighted by atomic mass is 32.1. The van der Waals surface area contributed by atoms with Crippen LogP contribution in [0.15, 0.2) is 16.8 Å². The Labute approximate surface area is 105 Å². The first-order valence-electron chi connectivity index (χ1n) is 5.89. The van der Waals surface area contributed by atoms with Gasteiger partial charge in [0.1, 0.15) is 0 Å². The number of morpholine rings is 1. The monoisotopic (exact) mass is 252 g/mol. The van der Waals surface area contributed by atoms with Gasteiger partial charge >= 0.3 is 0 Å². The second kappa shape index (κ2) is 4.40. The van der Waals surface area contributed by atoms with Crippen LogP contribution >= 0.6 is 11.3 Å². The van der Waals surface area contributed by atoms with Crippen molar-refractivity contribution in [3.05, 3.63) is 22.4 Å². The highest BCUT2D eigenvalue weighted by molar-refractivity contribution is 7.08. The molecule has 1 aromatic rings. The number of hydrogen-bond donors (Lipinski definition) is 0. The summed E-state index contributed by atoms with van der Waals surface area (Å²) in [5, 5.41) is 3.86. The van der Waals surface area contributed by atoms with Crippen LogP contribution in [0.25, 0.3) is 0 Å². The van der Waals surface area contributed by atoms with Gasteiger partial charge < -0.3 is 9.64 Å². The molecule has 0 N–H and O–H groups in total. The summed E-state index contributed by atoms with van der Waals surface area (Å²) >= 11 is 1.56. The lowest BCUT2D eigenvalue weighted by Crippen LogP contribution is -2.48. The summed E-state index contributed by atoms with van der Waals surface area (Å²) in [5.74, 6) is 0.137. The van der Waals surface area contributed by atoms with Crippen molar-refractivity contribution in [1.82, 2.24) is 9.80 Å². The molecule has 3 rings (SSSR count). The molecule has 2 atom stereocenters. The minimum absolute atomic E-state index is 0.137. The maximum atomic E-state index is 12.2. The van der Waals surface area contributed by atoms with E-state index in [1.54, 1.807) is 11.3 Å². The molecule has 3 heterocycles. The van der Waals surface area contributed by atoms with Gasteiger partial charge in [0.25, 0.3) is 5.91 Å². The Kier molecular flexibility index (Phi) is 2.90. The smallest absolute Gasteiger partial charge is 0.254 e. The van der Waals surface area contributed by atoms with Gasteiger partial charge in [-0.25, -0.2) is 0 Å². The third-order valence-electron chi connectivity index (χ3n) is 3.63. The second-order valence-corrected chi connectivity index (χ2v) is 5.46. The predicted octanol–water partition coefficient (Wildman–Crippen LogP) is 0.903. The third kappa shape index (κ3) is 1.99. The van der Waals surface area contributed by atoms with Crippen LogP contribution < -0.4 is 0 Å². The molecule has 5 heteroatoms. The molecular formula is C12H16N2O2S. The molecule has 2 aliphatic heterocycles. The first kappa shape index (κ1) is 11.2. The summed E-state index contributed by atoms with van der Waals surface area (Å²) < 4.78 is 5.74. The molecule has 0 radical (unpaired) electrons. The minimum atomic E-state index is 0.137. The lowest BCUT2D eigenvalue weighted by molar-refractivity contribution is -0.0368. The van der Waals surface area contributed by atoms with Crippen LogP contribution in [-0.4, -0.2) is 61.1 Å². The van der Waals surface area contributed by atoms with E-state index >= 15 is 0 Å². The van der Waals surface area contributed by atoms with Gasteiger partial charge in [-0.3, -0.25) is 9.69 Å². The number of fused-ring (bicyclic) bond motifs is 1. The Balaban J connectivity index is 1.73. The Hall–Kier alpha value is -0.910. The standard InChI is InChI=1S/C12H16N2O2S/c1-13-3-4-16-11-7-14(6-10(11)13)12(15)9-2-5-17-8-9/h2,5,8,10-11H,3-4,6-7H2,1H3/t10-,11+/m0/s1. The number of hydrogen-bond acceptors (Lipinski definition) is 4. The van der Waals surface area contributed by atoms with Gasteiger partial charge in [-0.1, -0.05) is 0 Å². The van der Waals surface area contributed by atoms with Gasteiger partial charge in [-0.05, 0) is 18.5 Å². The van der Waals surface area contributed by atoms with Gasteiger partial charge in [0.2, 0.25) is 0 Å². The number of carbonyl (C=O) groups is 1. The zero-order valence-corrected chi connectivity index (χ0v) is 10.7. The largest absolute Gasteiger partial charge is 0.373 e. The first-order chi connectivity index (χ1) is 8.25. The molecule has 0 saturated carbocycles. The van der Waals surface area contributed by atoms with E-state index < -0.39 is 0 Å². The van der Waals surface area contributed by atoms with Crippen molar-refractivity contribution in [3.63, 3.8) is 0 Å². The molecule has 0 unspecified atom stereocenters. The number of likely N-dealkylation sites (tertiary alicyclic amines) is 1. The molecule has 92 valence electrons. The third-order valence-corrected chi connectivity index (χ3v) is 4.32. The molecule has 1 amide bonds. The van der Waals surface area contributed by atoms with Crippen molar-refractivity contribution in [1.29, 1.82) is 0 Å². The number of likely N-dealkylation sites (N-methyl/N-ethyl adjacent to an activating group) is 1. The summed E-state index contributed by atoms with van der Waals surface area (Å²) in [6.07, 6.45) is 0.191. The highest BCUT2D eigenvalue weighted by Gasteiger charge is 2.40. The normalized spacial score (nSPS) is 29.4. The lowest BCUT2D eigenvalue weighted by atomic mass is 10.1. The quantitative estimate of drug-likeness (QED) is 0.744. The second-order valence-electron chi connectivity index (χ2n) is 4.68. The summed E-state index contributed by atoms with van der Waals surface area (Å²) in [6.45, 7) is 3.25. The molecule has 2 aliphatic rings. The number of nitrogens with zero attached hydrogens (tertiary/aromatic N) is 2. The van der Waals surface area contributed by atoms with Crippen molar-refractivity contribution in [3.8, 4) is 0 Å². The summed E-state index contributed by atoms with van der Waals surface area (Å²) in [6, 6.07) is 2.26. The molecular weight excluding hydrogens is 236 g/mol. The van der Waals surface area contributed by atoms with Crippen LogP contribution in [0.1, 0.15) is 10.4 Å². The predicted molar refractivity (Wildman–Crippen MR) is 66.4 cm³/mol. The fraction of sp³-hybridized carbons (Fsp3) is 0.583. The zero-order chi connectivity index (χ0) is 11.8. The van der Waals surface area contributed by atoms with Gasteiger partial charge in [0.15, 0.2) is 0 Å². The molecule has 0 aromatic carbocycles. The van der Waals surface area contributed by atoms with Gasteiger partial charge in [0.05, 0.1) is 24.3 Å². The maximum absolute atomic E-state index is 12.2. The molecule has 1 aromatic heterocycles. The number of carbonyl (C=O) groups excluding carboxylic acids is 1. The fourth-order valence-electron chi connectivity index (χ4n) is 2.59. The molecule has 2 saturated heterocycles. The topological polar surface area (TPSA) is 32.8 Å². The molecule has 2 fully saturated rings. The first-order valence-corrected chi connectivity index (χ1v) is 6.83. The van der Waals surface area contributed by atoms with Crippen molar-refractivity contribution >= 4 is 17.2 Å². The molecule has 0 bridgehead atoms. The Morgan fingerprint density at radius 2 is 2.41 bits per heavy atom. The van der Waals surface area contributed by atoms with E-state index in [0.29, 0.717) is 6.04 Å². The summed E-state index contributed by atoms with van der Waals surface area (Å²) in [4.78, 5) is 16.4. The molecule has 0 spiro atoms. The van der Waals surface area contributed by atoms with Gasteiger partial charge in [-0.2, -0.15) is 11.3 Å². The molecule has 17 heavy (non-hydrogen) atoms. The number of ether oxygens (including phenoxy) is 1. The number of rotatable bonds is 1. The van der Waals surface area contributed by atoms with Crippen molar-refractivity contribution in [2.45, 2.75) is 12.1 Å². The highest BCUT2D eigenvalue weighted by Crippen LogP contribution is 2.23. The summed E-state index contributed by atoms with van der Waals surface area (Å²) in [5.41, 5.74) is 0.802. The van der Waals surface area contributed by atoms with Crippen molar-refractivity contribution < 1.29 is 9.53 Å². The van der Waals surface area contributed by atoms with Crippen LogP contribution in [-0.2, 0) is 4.74 Å². The maximum Gasteiger partial charge on any atom is 0.254 e. The van der Waals surface area contributed by atoms with Crippen LogP contribution in [0, 0.1) is 0 Å². The van der Waals surface area contributed by atoms with E-state index in [-0.39, 0.29) is 12.0 Å². The van der Waals surface area contributed by atoms with E-state index in [1.165, 1.54) is 0 Å². The fourth-order valence-corrected chi connectivity index (χ4v) is 3.22. The number of thiophene rings is 1. The lowest BCUT2D eigenvalue weighted by Gasteiger charge is -2.33. The Morgan fingerprint density at radius 3 is 3.12 bits per heavy atom. The van der Waals surface area contributed by atoms with E-state index in [0.717, 1.165) is 31.8 Å². The van der Waals surface area contributed by atoms with Crippen molar-refractivity contribution in [2.24, 2.45) is 0 Å². The van der Waals surface area contributed by atoms with Crippen LogP contribution in [0.4, 0.5) is 0 Å². The van der Waals surface area contributed by atoms with Crippen LogP contribution in [0.5, 0.6) is 0 Å². The minimum Gasteiger partial charge on any atom is -0.373 e. The van der Waals surface area contributed by atoms with Crippen molar-refractivity contribution in [2.75, 3.05) is 33.3 Å². The summed E-state index contributed by atoms with van der Waals surface area (Å²) in [7, 11) is 2.11. The van der Waals surface area contributed by atoms with E-state index in [9.17, 15) is 4.79 Å². The van der Waals surface area contributed by atoms with Gasteiger partial charge in [-0.15, -0.1) is 0 Å². The van der Waals surface area contributed by atoms with Gasteiger partial charge in [0, 0.05) is 25.0 Å². The van der Waals surface area contributed by atoms with E-state index in [1.807, 2.05) is 21.7 Å². The molecule has 4 nitrogen and oxygen atoms in total. The SMILES string of the molecule is CN1CCO[C@@H]2CN(C(=O)c3ccsc3)C[C@@H]21. The zero-order valence-electron chi connectivity index (χ0n) is 9.83.